The lowest BCUT2D eigenvalue weighted by atomic mass is 9.66. The maximum absolute atomic E-state index is 5.72. The number of likely N-dealkylation sites (N-methyl/N-ethyl adjacent to an activating group) is 1. The Hall–Kier alpha value is -1.22. The Morgan fingerprint density at radius 1 is 1.04 bits per heavy atom. The molecule has 2 saturated carbocycles. The molecule has 1 heterocycles. The van der Waals surface area contributed by atoms with Crippen molar-refractivity contribution in [3.05, 3.63) is 23.3 Å². The second-order valence-corrected chi connectivity index (χ2v) is 7.72. The Balaban J connectivity index is 1.83. The van der Waals surface area contributed by atoms with Gasteiger partial charge in [-0.1, -0.05) is 18.9 Å². The first-order valence-electron chi connectivity index (χ1n) is 9.16. The van der Waals surface area contributed by atoms with Crippen molar-refractivity contribution in [3.63, 3.8) is 0 Å². The summed E-state index contributed by atoms with van der Waals surface area (Å²) in [5, 5.41) is 0. The average Bonchev–Trinajstić information content (AvgIpc) is 3.38. The van der Waals surface area contributed by atoms with Gasteiger partial charge in [0.1, 0.15) is 0 Å². The standard InChI is InChI=1S/C20H29NO2/c1-21-11-10-20(9-5-4-6-18(20)21)15-12-16(14-7-8-14)19(23-3)17(13-15)22-2/h12-14,18H,4-11H2,1-3H3/t18-,20-/m0/s1. The molecular formula is C20H29NO2. The van der Waals surface area contributed by atoms with Crippen molar-refractivity contribution in [2.45, 2.75) is 62.3 Å². The molecule has 0 spiro atoms. The van der Waals surface area contributed by atoms with E-state index < -0.39 is 0 Å². The van der Waals surface area contributed by atoms with Crippen LogP contribution < -0.4 is 9.47 Å². The number of benzene rings is 1. The van der Waals surface area contributed by atoms with Crippen molar-refractivity contribution in [1.29, 1.82) is 0 Å². The van der Waals surface area contributed by atoms with E-state index in [1.54, 1.807) is 14.2 Å². The van der Waals surface area contributed by atoms with Gasteiger partial charge < -0.3 is 14.4 Å². The molecule has 3 heteroatoms. The Morgan fingerprint density at radius 3 is 2.57 bits per heavy atom. The van der Waals surface area contributed by atoms with Crippen LogP contribution in [-0.2, 0) is 5.41 Å². The van der Waals surface area contributed by atoms with E-state index in [1.807, 2.05) is 0 Å². The van der Waals surface area contributed by atoms with Gasteiger partial charge in [-0.15, -0.1) is 0 Å². The van der Waals surface area contributed by atoms with Crippen molar-refractivity contribution >= 4 is 0 Å². The number of fused-ring (bicyclic) bond motifs is 1. The zero-order chi connectivity index (χ0) is 16.0. The fraction of sp³-hybridized carbons (Fsp3) is 0.700. The highest BCUT2D eigenvalue weighted by Crippen LogP contribution is 2.53. The molecule has 1 aliphatic heterocycles. The Morgan fingerprint density at radius 2 is 1.87 bits per heavy atom. The molecule has 3 fully saturated rings. The highest BCUT2D eigenvalue weighted by molar-refractivity contribution is 5.54. The normalized spacial score (nSPS) is 31.0. The monoisotopic (exact) mass is 315 g/mol. The fourth-order valence-corrected chi connectivity index (χ4v) is 5.15. The van der Waals surface area contributed by atoms with Gasteiger partial charge >= 0.3 is 0 Å². The zero-order valence-corrected chi connectivity index (χ0v) is 14.7. The first kappa shape index (κ1) is 15.3. The summed E-state index contributed by atoms with van der Waals surface area (Å²) in [4.78, 5) is 2.59. The summed E-state index contributed by atoms with van der Waals surface area (Å²) in [7, 11) is 5.85. The average molecular weight is 315 g/mol. The van der Waals surface area contributed by atoms with E-state index in [2.05, 4.69) is 24.1 Å². The van der Waals surface area contributed by atoms with Crippen molar-refractivity contribution in [3.8, 4) is 11.5 Å². The molecule has 0 amide bonds. The molecule has 126 valence electrons. The molecule has 1 saturated heterocycles. The lowest BCUT2D eigenvalue weighted by molar-refractivity contribution is 0.181. The third-order valence-corrected chi connectivity index (χ3v) is 6.53. The van der Waals surface area contributed by atoms with Crippen LogP contribution in [0.4, 0.5) is 0 Å². The van der Waals surface area contributed by atoms with Crippen LogP contribution in [0.5, 0.6) is 11.5 Å². The molecular weight excluding hydrogens is 286 g/mol. The largest absolute Gasteiger partial charge is 0.493 e. The molecule has 0 radical (unpaired) electrons. The summed E-state index contributed by atoms with van der Waals surface area (Å²) in [6, 6.07) is 5.44. The van der Waals surface area contributed by atoms with E-state index in [-0.39, 0.29) is 0 Å². The Bertz CT molecular complexity index is 592. The summed E-state index contributed by atoms with van der Waals surface area (Å²) in [6.45, 7) is 1.22. The number of methoxy groups -OCH3 is 2. The van der Waals surface area contributed by atoms with Gasteiger partial charge in [-0.25, -0.2) is 0 Å². The summed E-state index contributed by atoms with van der Waals surface area (Å²) in [5.41, 5.74) is 3.22. The van der Waals surface area contributed by atoms with E-state index in [0.29, 0.717) is 17.4 Å². The molecule has 2 aliphatic carbocycles. The summed E-state index contributed by atoms with van der Waals surface area (Å²) >= 11 is 0. The molecule has 1 aromatic rings. The van der Waals surface area contributed by atoms with Crippen LogP contribution in [0.25, 0.3) is 0 Å². The Labute approximate surface area is 140 Å². The van der Waals surface area contributed by atoms with Crippen LogP contribution in [0.2, 0.25) is 0 Å². The minimum absolute atomic E-state index is 0.330. The highest BCUT2D eigenvalue weighted by Gasteiger charge is 2.49. The first-order valence-corrected chi connectivity index (χ1v) is 9.16. The highest BCUT2D eigenvalue weighted by atomic mass is 16.5. The zero-order valence-electron chi connectivity index (χ0n) is 14.7. The lowest BCUT2D eigenvalue weighted by Crippen LogP contribution is -2.43. The molecule has 0 aromatic heterocycles. The molecule has 0 bridgehead atoms. The lowest BCUT2D eigenvalue weighted by Gasteiger charge is -2.42. The number of ether oxygens (including phenoxy) is 2. The smallest absolute Gasteiger partial charge is 0.164 e. The van der Waals surface area contributed by atoms with Gasteiger partial charge in [0.05, 0.1) is 14.2 Å². The van der Waals surface area contributed by atoms with Gasteiger partial charge in [0, 0.05) is 17.0 Å². The van der Waals surface area contributed by atoms with E-state index >= 15 is 0 Å². The van der Waals surface area contributed by atoms with Crippen LogP contribution in [-0.4, -0.2) is 38.8 Å². The minimum atomic E-state index is 0.330. The number of nitrogens with zero attached hydrogens (tertiary/aromatic N) is 1. The summed E-state index contributed by atoms with van der Waals surface area (Å²) < 4.78 is 11.4. The molecule has 0 unspecified atom stereocenters. The van der Waals surface area contributed by atoms with Gasteiger partial charge in [-0.05, 0) is 63.2 Å². The fourth-order valence-electron chi connectivity index (χ4n) is 5.15. The second kappa shape index (κ2) is 5.70. The van der Waals surface area contributed by atoms with Crippen LogP contribution in [0.1, 0.15) is 62.0 Å². The van der Waals surface area contributed by atoms with Crippen molar-refractivity contribution in [2.75, 3.05) is 27.8 Å². The molecule has 23 heavy (non-hydrogen) atoms. The third-order valence-electron chi connectivity index (χ3n) is 6.53. The second-order valence-electron chi connectivity index (χ2n) is 7.72. The SMILES string of the molecule is COc1cc([C@@]23CCCC[C@@H]2N(C)CC3)cc(C2CC2)c1OC. The van der Waals surface area contributed by atoms with E-state index in [1.165, 1.54) is 62.6 Å². The predicted octanol–water partition coefficient (Wildman–Crippen LogP) is 4.10. The maximum Gasteiger partial charge on any atom is 0.164 e. The molecule has 1 aromatic carbocycles. The van der Waals surface area contributed by atoms with Gasteiger partial charge in [0.15, 0.2) is 11.5 Å². The van der Waals surface area contributed by atoms with E-state index in [0.717, 1.165) is 11.5 Å². The number of likely N-dealkylation sites (tertiary alicyclic amines) is 1. The third kappa shape index (κ3) is 2.36. The van der Waals surface area contributed by atoms with Crippen molar-refractivity contribution < 1.29 is 9.47 Å². The van der Waals surface area contributed by atoms with Crippen molar-refractivity contribution in [1.82, 2.24) is 4.90 Å². The number of hydrogen-bond acceptors (Lipinski definition) is 3. The molecule has 3 aliphatic rings. The van der Waals surface area contributed by atoms with E-state index in [9.17, 15) is 0 Å². The first-order chi connectivity index (χ1) is 11.2. The number of rotatable bonds is 4. The molecule has 2 atom stereocenters. The van der Waals surface area contributed by atoms with Crippen LogP contribution >= 0.6 is 0 Å². The minimum Gasteiger partial charge on any atom is -0.493 e. The van der Waals surface area contributed by atoms with Crippen LogP contribution in [0.15, 0.2) is 12.1 Å². The van der Waals surface area contributed by atoms with Crippen LogP contribution in [0.3, 0.4) is 0 Å². The predicted molar refractivity (Wildman–Crippen MR) is 92.7 cm³/mol. The summed E-state index contributed by atoms with van der Waals surface area (Å²) in [6.07, 6.45) is 9.26. The molecule has 0 N–H and O–H groups in total. The maximum atomic E-state index is 5.72. The topological polar surface area (TPSA) is 21.7 Å². The van der Waals surface area contributed by atoms with Crippen molar-refractivity contribution in [2.24, 2.45) is 0 Å². The quantitative estimate of drug-likeness (QED) is 0.835. The van der Waals surface area contributed by atoms with Gasteiger partial charge in [0.2, 0.25) is 0 Å². The van der Waals surface area contributed by atoms with Gasteiger partial charge in [0.25, 0.3) is 0 Å². The van der Waals surface area contributed by atoms with E-state index in [4.69, 9.17) is 9.47 Å². The molecule has 3 nitrogen and oxygen atoms in total. The molecule has 4 rings (SSSR count). The van der Waals surface area contributed by atoms with Gasteiger partial charge in [-0.3, -0.25) is 0 Å². The number of hydrogen-bond donors (Lipinski definition) is 0. The Kier molecular flexibility index (Phi) is 3.79. The van der Waals surface area contributed by atoms with Gasteiger partial charge in [-0.2, -0.15) is 0 Å². The van der Waals surface area contributed by atoms with Crippen LogP contribution in [0, 0.1) is 0 Å². The summed E-state index contributed by atoms with van der Waals surface area (Å²) in [5.74, 6) is 2.57.